The van der Waals surface area contributed by atoms with E-state index in [1.807, 2.05) is 49.4 Å². The van der Waals surface area contributed by atoms with Crippen LogP contribution in [-0.2, 0) is 6.54 Å². The van der Waals surface area contributed by atoms with Gasteiger partial charge in [-0.3, -0.25) is 4.79 Å². The van der Waals surface area contributed by atoms with Gasteiger partial charge in [0.2, 0.25) is 11.7 Å². The van der Waals surface area contributed by atoms with Crippen LogP contribution in [0.25, 0.3) is 11.4 Å². The topological polar surface area (TPSA) is 68.0 Å². The Morgan fingerprint density at radius 2 is 2.04 bits per heavy atom. The Morgan fingerprint density at radius 3 is 2.83 bits per heavy atom. The quantitative estimate of drug-likeness (QED) is 0.657. The molecular formula is C17H14IN3O2. The van der Waals surface area contributed by atoms with E-state index < -0.39 is 0 Å². The van der Waals surface area contributed by atoms with Gasteiger partial charge in [0.15, 0.2) is 0 Å². The van der Waals surface area contributed by atoms with E-state index in [2.05, 4.69) is 38.0 Å². The van der Waals surface area contributed by atoms with Gasteiger partial charge in [0, 0.05) is 14.7 Å². The maximum Gasteiger partial charge on any atom is 0.251 e. The van der Waals surface area contributed by atoms with Crippen LogP contribution < -0.4 is 5.32 Å². The summed E-state index contributed by atoms with van der Waals surface area (Å²) in [6, 6.07) is 15.2. The lowest BCUT2D eigenvalue weighted by atomic mass is 10.1. The highest BCUT2D eigenvalue weighted by Crippen LogP contribution is 2.17. The van der Waals surface area contributed by atoms with Gasteiger partial charge in [0.25, 0.3) is 5.91 Å². The highest BCUT2D eigenvalue weighted by atomic mass is 127. The molecule has 0 aliphatic heterocycles. The molecule has 0 fully saturated rings. The van der Waals surface area contributed by atoms with Gasteiger partial charge in [-0.1, -0.05) is 35.0 Å². The van der Waals surface area contributed by atoms with Crippen molar-refractivity contribution < 1.29 is 9.32 Å². The molecule has 3 rings (SSSR count). The number of hydrogen-bond acceptors (Lipinski definition) is 4. The first-order valence-electron chi connectivity index (χ1n) is 7.05. The van der Waals surface area contributed by atoms with Crippen LogP contribution in [0.5, 0.6) is 0 Å². The van der Waals surface area contributed by atoms with E-state index in [0.29, 0.717) is 17.3 Å². The molecule has 0 bridgehead atoms. The molecule has 1 aromatic heterocycles. The summed E-state index contributed by atoms with van der Waals surface area (Å²) in [7, 11) is 0. The molecule has 1 N–H and O–H groups in total. The van der Waals surface area contributed by atoms with Gasteiger partial charge in [-0.2, -0.15) is 4.98 Å². The minimum atomic E-state index is -0.168. The van der Waals surface area contributed by atoms with Crippen LogP contribution in [0, 0.1) is 10.5 Å². The molecule has 0 spiro atoms. The lowest BCUT2D eigenvalue weighted by Crippen LogP contribution is -2.22. The van der Waals surface area contributed by atoms with Crippen LogP contribution in [0.15, 0.2) is 53.1 Å². The van der Waals surface area contributed by atoms with Gasteiger partial charge in [-0.05, 0) is 53.8 Å². The minimum Gasteiger partial charge on any atom is -0.343 e. The fourth-order valence-corrected chi connectivity index (χ4v) is 2.66. The maximum absolute atomic E-state index is 12.1. The van der Waals surface area contributed by atoms with Gasteiger partial charge >= 0.3 is 0 Å². The van der Waals surface area contributed by atoms with E-state index in [9.17, 15) is 4.79 Å². The molecular weight excluding hydrogens is 405 g/mol. The molecule has 1 heterocycles. The zero-order chi connectivity index (χ0) is 16.2. The molecule has 116 valence electrons. The average Bonchev–Trinajstić information content (AvgIpc) is 3.01. The molecule has 0 saturated heterocycles. The number of benzene rings is 2. The summed E-state index contributed by atoms with van der Waals surface area (Å²) in [4.78, 5) is 16.4. The monoisotopic (exact) mass is 419 g/mol. The fraction of sp³-hybridized carbons (Fsp3) is 0.118. The first kappa shape index (κ1) is 15.7. The van der Waals surface area contributed by atoms with Crippen molar-refractivity contribution in [2.45, 2.75) is 13.5 Å². The van der Waals surface area contributed by atoms with Crippen molar-refractivity contribution in [1.29, 1.82) is 0 Å². The molecule has 23 heavy (non-hydrogen) atoms. The van der Waals surface area contributed by atoms with Crippen molar-refractivity contribution in [2.24, 2.45) is 0 Å². The Hall–Kier alpha value is -2.22. The summed E-state index contributed by atoms with van der Waals surface area (Å²) in [5, 5.41) is 6.73. The Bertz CT molecular complexity index is 845. The van der Waals surface area contributed by atoms with Crippen molar-refractivity contribution >= 4 is 28.5 Å². The SMILES string of the molecule is Cc1cccc(-c2noc(CNC(=O)c3cccc(I)c3)n2)c1. The summed E-state index contributed by atoms with van der Waals surface area (Å²) in [5.74, 6) is 0.728. The minimum absolute atomic E-state index is 0.168. The average molecular weight is 419 g/mol. The number of nitrogens with zero attached hydrogens (tertiary/aromatic N) is 2. The molecule has 1 amide bonds. The summed E-state index contributed by atoms with van der Waals surface area (Å²) in [6.45, 7) is 2.20. The third kappa shape index (κ3) is 3.95. The third-order valence-corrected chi connectivity index (χ3v) is 3.90. The number of carbonyl (C=O) groups is 1. The van der Waals surface area contributed by atoms with Crippen molar-refractivity contribution in [2.75, 3.05) is 0 Å². The van der Waals surface area contributed by atoms with Gasteiger partial charge in [0.05, 0.1) is 6.54 Å². The Morgan fingerprint density at radius 1 is 1.22 bits per heavy atom. The molecule has 6 heteroatoms. The zero-order valence-corrected chi connectivity index (χ0v) is 14.6. The summed E-state index contributed by atoms with van der Waals surface area (Å²) in [5.41, 5.74) is 2.63. The number of aromatic nitrogens is 2. The first-order valence-corrected chi connectivity index (χ1v) is 8.13. The summed E-state index contributed by atoms with van der Waals surface area (Å²) in [6.07, 6.45) is 0. The van der Waals surface area contributed by atoms with Crippen molar-refractivity contribution in [3.05, 3.63) is 69.1 Å². The molecule has 0 unspecified atom stereocenters. The van der Waals surface area contributed by atoms with E-state index in [4.69, 9.17) is 4.52 Å². The largest absolute Gasteiger partial charge is 0.343 e. The number of aryl methyl sites for hydroxylation is 1. The maximum atomic E-state index is 12.1. The van der Waals surface area contributed by atoms with E-state index in [1.54, 1.807) is 6.07 Å². The summed E-state index contributed by atoms with van der Waals surface area (Å²) < 4.78 is 6.20. The molecule has 0 atom stereocenters. The molecule has 0 radical (unpaired) electrons. The van der Waals surface area contributed by atoms with Crippen molar-refractivity contribution in [1.82, 2.24) is 15.5 Å². The van der Waals surface area contributed by atoms with Crippen LogP contribution in [0.1, 0.15) is 21.8 Å². The van der Waals surface area contributed by atoms with Crippen molar-refractivity contribution in [3.63, 3.8) is 0 Å². The Balaban J connectivity index is 1.67. The Labute approximate surface area is 147 Å². The standard InChI is InChI=1S/C17H14IN3O2/c1-11-4-2-5-12(8-11)16-20-15(23-21-16)10-19-17(22)13-6-3-7-14(18)9-13/h2-9H,10H2,1H3,(H,19,22). The highest BCUT2D eigenvalue weighted by molar-refractivity contribution is 14.1. The van der Waals surface area contributed by atoms with E-state index in [0.717, 1.165) is 14.7 Å². The smallest absolute Gasteiger partial charge is 0.251 e. The fourth-order valence-electron chi connectivity index (χ4n) is 2.12. The second-order valence-corrected chi connectivity index (χ2v) is 6.32. The van der Waals surface area contributed by atoms with Crippen LogP contribution in [0.4, 0.5) is 0 Å². The van der Waals surface area contributed by atoms with Crippen LogP contribution in [0.2, 0.25) is 0 Å². The van der Waals surface area contributed by atoms with Crippen LogP contribution >= 0.6 is 22.6 Å². The molecule has 5 nitrogen and oxygen atoms in total. The zero-order valence-electron chi connectivity index (χ0n) is 12.4. The van der Waals surface area contributed by atoms with Crippen LogP contribution in [-0.4, -0.2) is 16.0 Å². The number of hydrogen-bond donors (Lipinski definition) is 1. The normalized spacial score (nSPS) is 10.5. The molecule has 0 saturated carbocycles. The summed E-state index contributed by atoms with van der Waals surface area (Å²) >= 11 is 2.17. The molecule has 2 aromatic carbocycles. The van der Waals surface area contributed by atoms with E-state index in [-0.39, 0.29) is 12.5 Å². The molecule has 0 aliphatic carbocycles. The molecule has 3 aromatic rings. The highest BCUT2D eigenvalue weighted by Gasteiger charge is 2.11. The number of nitrogens with one attached hydrogen (secondary N) is 1. The predicted molar refractivity (Wildman–Crippen MR) is 94.8 cm³/mol. The Kier molecular flexibility index (Phi) is 4.71. The lowest BCUT2D eigenvalue weighted by molar-refractivity contribution is 0.0946. The number of halogens is 1. The molecule has 0 aliphatic rings. The third-order valence-electron chi connectivity index (χ3n) is 3.23. The van der Waals surface area contributed by atoms with Crippen LogP contribution in [0.3, 0.4) is 0 Å². The number of amides is 1. The van der Waals surface area contributed by atoms with Gasteiger partial charge in [-0.25, -0.2) is 0 Å². The van der Waals surface area contributed by atoms with Gasteiger partial charge in [-0.15, -0.1) is 0 Å². The number of rotatable bonds is 4. The number of carbonyl (C=O) groups excluding carboxylic acids is 1. The van der Waals surface area contributed by atoms with Crippen molar-refractivity contribution in [3.8, 4) is 11.4 Å². The van der Waals surface area contributed by atoms with E-state index >= 15 is 0 Å². The van der Waals surface area contributed by atoms with Gasteiger partial charge < -0.3 is 9.84 Å². The van der Waals surface area contributed by atoms with E-state index in [1.165, 1.54) is 0 Å². The predicted octanol–water partition coefficient (Wildman–Crippen LogP) is 3.58. The first-order chi connectivity index (χ1) is 11.1. The lowest BCUT2D eigenvalue weighted by Gasteiger charge is -2.02. The second-order valence-electron chi connectivity index (χ2n) is 5.07. The second kappa shape index (κ2) is 6.91. The van der Waals surface area contributed by atoms with Gasteiger partial charge in [0.1, 0.15) is 0 Å².